The topological polar surface area (TPSA) is 58.6 Å². The minimum Gasteiger partial charge on any atom is -0.398 e. The molecule has 0 radical (unpaired) electrons. The number of rotatable bonds is 23. The number of ether oxygens (including phenoxy) is 2. The van der Waals surface area contributed by atoms with E-state index in [1.54, 1.807) is 28.4 Å². The molecule has 0 aliphatic carbocycles. The first-order valence-electron chi connectivity index (χ1n) is 12.0. The van der Waals surface area contributed by atoms with E-state index < -0.39 is 17.1 Å². The van der Waals surface area contributed by atoms with Crippen molar-refractivity contribution < 1.29 is 27.2 Å². The lowest BCUT2D eigenvalue weighted by Gasteiger charge is -2.22. The summed E-state index contributed by atoms with van der Waals surface area (Å²) in [5.74, 6) is 0. The molecule has 0 aromatic carbocycles. The van der Waals surface area contributed by atoms with Gasteiger partial charge >= 0.3 is 17.1 Å². The third-order valence-corrected chi connectivity index (χ3v) is 12.1. The van der Waals surface area contributed by atoms with E-state index in [1.165, 1.54) is 12.8 Å². The Morgan fingerprint density at radius 2 is 0.935 bits per heavy atom. The van der Waals surface area contributed by atoms with Crippen molar-refractivity contribution in [3.05, 3.63) is 0 Å². The van der Waals surface area contributed by atoms with Crippen molar-refractivity contribution in [1.82, 2.24) is 4.90 Å². The lowest BCUT2D eigenvalue weighted by Crippen LogP contribution is -2.35. The van der Waals surface area contributed by atoms with Crippen LogP contribution in [0.1, 0.15) is 45.4 Å². The second-order valence-corrected chi connectivity index (χ2v) is 15.5. The number of likely N-dealkylation sites (N-methyl/N-ethyl adjacent to an activating group) is 1. The summed E-state index contributed by atoms with van der Waals surface area (Å²) < 4.78 is 33.7. The molecule has 0 N–H and O–H groups in total. The average molecular weight is 482 g/mol. The van der Waals surface area contributed by atoms with Gasteiger partial charge in [0.25, 0.3) is 0 Å². The van der Waals surface area contributed by atoms with E-state index in [0.717, 1.165) is 83.8 Å². The summed E-state index contributed by atoms with van der Waals surface area (Å²) in [7, 11) is 3.23. The van der Waals surface area contributed by atoms with Gasteiger partial charge in [-0.25, -0.2) is 0 Å². The van der Waals surface area contributed by atoms with E-state index >= 15 is 0 Å². The molecule has 188 valence electrons. The molecule has 0 saturated heterocycles. The summed E-state index contributed by atoms with van der Waals surface area (Å²) in [6.45, 7) is 12.6. The van der Waals surface area contributed by atoms with Gasteiger partial charge in [-0.2, -0.15) is 0 Å². The molecule has 0 unspecified atom stereocenters. The van der Waals surface area contributed by atoms with Crippen molar-refractivity contribution in [1.29, 1.82) is 0 Å². The Morgan fingerprint density at radius 1 is 0.548 bits per heavy atom. The van der Waals surface area contributed by atoms with Crippen LogP contribution in [-0.4, -0.2) is 96.5 Å². The minimum atomic E-state index is -1.90. The molecule has 0 bridgehead atoms. The SMILES string of the molecule is CCN(CCOCCCCC[Si](C)(OC)OC)CCOCCCCC[Si](C)(OC)OC. The first kappa shape index (κ1) is 31.2. The number of hydrogen-bond acceptors (Lipinski definition) is 7. The number of nitrogens with zero attached hydrogens (tertiary/aromatic N) is 1. The monoisotopic (exact) mass is 481 g/mol. The van der Waals surface area contributed by atoms with E-state index in [1.807, 2.05) is 0 Å². The van der Waals surface area contributed by atoms with Gasteiger partial charge in [-0.05, 0) is 44.6 Å². The zero-order valence-corrected chi connectivity index (χ0v) is 23.5. The second-order valence-electron chi connectivity index (χ2n) is 8.36. The highest BCUT2D eigenvalue weighted by Crippen LogP contribution is 2.16. The highest BCUT2D eigenvalue weighted by molar-refractivity contribution is 6.66. The van der Waals surface area contributed by atoms with Crippen LogP contribution in [0.3, 0.4) is 0 Å². The lowest BCUT2D eigenvalue weighted by molar-refractivity contribution is 0.0741. The van der Waals surface area contributed by atoms with Gasteiger partial charge in [-0.15, -0.1) is 0 Å². The Kier molecular flexibility index (Phi) is 19.7. The summed E-state index contributed by atoms with van der Waals surface area (Å²) in [6, 6.07) is 2.09. The van der Waals surface area contributed by atoms with Crippen molar-refractivity contribution in [3.8, 4) is 0 Å². The molecular formula is C22H51NO6Si2. The molecule has 0 amide bonds. The maximum Gasteiger partial charge on any atom is 0.334 e. The van der Waals surface area contributed by atoms with Crippen LogP contribution in [0.15, 0.2) is 0 Å². The minimum absolute atomic E-state index is 0.790. The average Bonchev–Trinajstić information content (AvgIpc) is 2.80. The van der Waals surface area contributed by atoms with Crippen LogP contribution in [0.2, 0.25) is 25.2 Å². The van der Waals surface area contributed by atoms with Crippen LogP contribution < -0.4 is 0 Å². The quantitative estimate of drug-likeness (QED) is 0.158. The highest BCUT2D eigenvalue weighted by Gasteiger charge is 2.28. The fourth-order valence-corrected chi connectivity index (χ4v) is 6.18. The van der Waals surface area contributed by atoms with Crippen LogP contribution in [-0.2, 0) is 27.2 Å². The number of unbranched alkanes of at least 4 members (excludes halogenated alkanes) is 4. The fourth-order valence-electron chi connectivity index (χ4n) is 3.25. The molecule has 0 spiro atoms. The van der Waals surface area contributed by atoms with Crippen molar-refractivity contribution in [2.75, 3.05) is 74.5 Å². The van der Waals surface area contributed by atoms with Gasteiger partial charge in [0.2, 0.25) is 0 Å². The molecule has 7 nitrogen and oxygen atoms in total. The van der Waals surface area contributed by atoms with Gasteiger partial charge in [-0.3, -0.25) is 4.90 Å². The normalized spacial score (nSPS) is 12.8. The molecule has 0 aromatic heterocycles. The van der Waals surface area contributed by atoms with Gasteiger partial charge < -0.3 is 27.2 Å². The molecule has 0 heterocycles. The largest absolute Gasteiger partial charge is 0.398 e. The van der Waals surface area contributed by atoms with E-state index in [4.69, 9.17) is 27.2 Å². The van der Waals surface area contributed by atoms with E-state index in [0.29, 0.717) is 0 Å². The van der Waals surface area contributed by atoms with Gasteiger partial charge in [0, 0.05) is 54.7 Å². The predicted molar refractivity (Wildman–Crippen MR) is 132 cm³/mol. The highest BCUT2D eigenvalue weighted by atomic mass is 28.4. The van der Waals surface area contributed by atoms with Gasteiger partial charge in [0.15, 0.2) is 0 Å². The second kappa shape index (κ2) is 19.6. The van der Waals surface area contributed by atoms with Crippen molar-refractivity contribution in [2.24, 2.45) is 0 Å². The van der Waals surface area contributed by atoms with E-state index in [9.17, 15) is 0 Å². The molecule has 0 saturated carbocycles. The Bertz CT molecular complexity index is 364. The molecule has 0 aromatic rings. The Labute approximate surface area is 194 Å². The van der Waals surface area contributed by atoms with E-state index in [2.05, 4.69) is 24.9 Å². The van der Waals surface area contributed by atoms with Gasteiger partial charge in [0.05, 0.1) is 13.2 Å². The molecule has 0 atom stereocenters. The van der Waals surface area contributed by atoms with Crippen molar-refractivity contribution in [3.63, 3.8) is 0 Å². The smallest absolute Gasteiger partial charge is 0.334 e. The van der Waals surface area contributed by atoms with Crippen LogP contribution in [0.25, 0.3) is 0 Å². The van der Waals surface area contributed by atoms with Gasteiger partial charge in [0.1, 0.15) is 0 Å². The first-order valence-corrected chi connectivity index (χ1v) is 17.0. The van der Waals surface area contributed by atoms with Crippen LogP contribution in [0.5, 0.6) is 0 Å². The summed E-state index contributed by atoms with van der Waals surface area (Å²) in [6.07, 6.45) is 6.82. The summed E-state index contributed by atoms with van der Waals surface area (Å²) in [5, 5.41) is 0. The third-order valence-electron chi connectivity index (χ3n) is 6.12. The van der Waals surface area contributed by atoms with Crippen LogP contribution in [0.4, 0.5) is 0 Å². The molecule has 31 heavy (non-hydrogen) atoms. The third kappa shape index (κ3) is 16.4. The number of hydrogen-bond donors (Lipinski definition) is 0. The van der Waals surface area contributed by atoms with Crippen LogP contribution in [0, 0.1) is 0 Å². The molecule has 0 fully saturated rings. The summed E-state index contributed by atoms with van der Waals surface area (Å²) in [4.78, 5) is 2.39. The predicted octanol–water partition coefficient (Wildman–Crippen LogP) is 4.41. The zero-order valence-electron chi connectivity index (χ0n) is 21.5. The summed E-state index contributed by atoms with van der Waals surface area (Å²) in [5.41, 5.74) is 0. The Balaban J connectivity index is 3.56. The fraction of sp³-hybridized carbons (Fsp3) is 1.00. The maximum absolute atomic E-state index is 5.82. The molecule has 0 rings (SSSR count). The standard InChI is InChI=1S/C22H51NO6Si2/c1-8-23(15-19-28-17-11-9-13-21-30(6,24-2)25-3)16-20-29-18-12-10-14-22-31(7,26-4)27-5/h8-22H2,1-7H3. The molecule has 9 heteroatoms. The van der Waals surface area contributed by atoms with Crippen LogP contribution >= 0.6 is 0 Å². The molecular weight excluding hydrogens is 430 g/mol. The summed E-state index contributed by atoms with van der Waals surface area (Å²) >= 11 is 0. The van der Waals surface area contributed by atoms with E-state index in [-0.39, 0.29) is 0 Å². The molecule has 0 aliphatic heterocycles. The Hall–Kier alpha value is 0.154. The Morgan fingerprint density at radius 3 is 1.26 bits per heavy atom. The molecule has 0 aliphatic rings. The van der Waals surface area contributed by atoms with Gasteiger partial charge in [-0.1, -0.05) is 32.6 Å². The van der Waals surface area contributed by atoms with Crippen molar-refractivity contribution >= 4 is 17.1 Å². The maximum atomic E-state index is 5.82. The lowest BCUT2D eigenvalue weighted by atomic mass is 10.3. The first-order chi connectivity index (χ1) is 14.9. The zero-order chi connectivity index (χ0) is 23.4. The van der Waals surface area contributed by atoms with Crippen molar-refractivity contribution in [2.45, 2.75) is 70.6 Å².